The fraction of sp³-hybridized carbons (Fsp3) is 0. The number of amides is 1. The number of pyridine rings is 1. The van der Waals surface area contributed by atoms with Crippen LogP contribution in [0.1, 0.15) is 10.4 Å². The van der Waals surface area contributed by atoms with Crippen LogP contribution in [0.3, 0.4) is 0 Å². The SMILES string of the molecule is O=C(NO)c1cnc2ccc(Oc3ccc(Cl)cc3)cc2c1. The number of carbonyl (C=O) groups excluding carboxylic acids is 1. The lowest BCUT2D eigenvalue weighted by Gasteiger charge is -2.07. The molecule has 3 aromatic rings. The second kappa shape index (κ2) is 6.01. The summed E-state index contributed by atoms with van der Waals surface area (Å²) < 4.78 is 5.73. The van der Waals surface area contributed by atoms with E-state index in [2.05, 4.69) is 4.98 Å². The summed E-state index contributed by atoms with van der Waals surface area (Å²) in [5.41, 5.74) is 2.57. The van der Waals surface area contributed by atoms with Gasteiger partial charge in [0.25, 0.3) is 5.91 Å². The fourth-order valence-corrected chi connectivity index (χ4v) is 2.13. The normalized spacial score (nSPS) is 10.5. The smallest absolute Gasteiger partial charge is 0.276 e. The van der Waals surface area contributed by atoms with E-state index in [1.165, 1.54) is 6.20 Å². The molecule has 0 unspecified atom stereocenters. The highest BCUT2D eigenvalue weighted by atomic mass is 35.5. The van der Waals surface area contributed by atoms with Gasteiger partial charge in [0.1, 0.15) is 11.5 Å². The summed E-state index contributed by atoms with van der Waals surface area (Å²) in [6, 6.07) is 14.0. The van der Waals surface area contributed by atoms with Gasteiger partial charge in [-0.3, -0.25) is 15.0 Å². The number of rotatable bonds is 3. The van der Waals surface area contributed by atoms with Crippen molar-refractivity contribution in [2.45, 2.75) is 0 Å². The third-order valence-electron chi connectivity index (χ3n) is 3.07. The van der Waals surface area contributed by atoms with Crippen molar-refractivity contribution in [3.05, 3.63) is 65.3 Å². The van der Waals surface area contributed by atoms with E-state index in [0.29, 0.717) is 16.5 Å². The maximum absolute atomic E-state index is 11.4. The van der Waals surface area contributed by atoms with Gasteiger partial charge < -0.3 is 4.74 Å². The van der Waals surface area contributed by atoms with Gasteiger partial charge in [0, 0.05) is 16.6 Å². The number of hydrogen-bond donors (Lipinski definition) is 2. The minimum atomic E-state index is -0.613. The van der Waals surface area contributed by atoms with E-state index < -0.39 is 5.91 Å². The van der Waals surface area contributed by atoms with Gasteiger partial charge in [-0.1, -0.05) is 11.6 Å². The number of ether oxygens (including phenoxy) is 1. The van der Waals surface area contributed by atoms with Crippen molar-refractivity contribution in [3.8, 4) is 11.5 Å². The Bertz CT molecular complexity index is 834. The van der Waals surface area contributed by atoms with Crippen LogP contribution in [-0.4, -0.2) is 16.1 Å². The molecule has 6 heteroatoms. The van der Waals surface area contributed by atoms with Gasteiger partial charge in [-0.05, 0) is 48.5 Å². The summed E-state index contributed by atoms with van der Waals surface area (Å²) in [6.45, 7) is 0. The third-order valence-corrected chi connectivity index (χ3v) is 3.32. The highest BCUT2D eigenvalue weighted by molar-refractivity contribution is 6.30. The number of aromatic nitrogens is 1. The molecule has 1 aromatic heterocycles. The molecule has 0 radical (unpaired) electrons. The molecule has 0 fully saturated rings. The van der Waals surface area contributed by atoms with Crippen molar-refractivity contribution in [1.82, 2.24) is 10.5 Å². The van der Waals surface area contributed by atoms with Crippen LogP contribution in [0.25, 0.3) is 10.9 Å². The van der Waals surface area contributed by atoms with E-state index >= 15 is 0 Å². The molecule has 5 nitrogen and oxygen atoms in total. The number of hydrogen-bond acceptors (Lipinski definition) is 4. The van der Waals surface area contributed by atoms with E-state index in [1.807, 2.05) is 0 Å². The first kappa shape index (κ1) is 14.3. The molecule has 0 saturated carbocycles. The van der Waals surface area contributed by atoms with Gasteiger partial charge in [-0.15, -0.1) is 0 Å². The molecule has 0 aliphatic heterocycles. The first-order chi connectivity index (χ1) is 10.7. The maximum Gasteiger partial charge on any atom is 0.276 e. The van der Waals surface area contributed by atoms with E-state index in [4.69, 9.17) is 21.5 Å². The number of carbonyl (C=O) groups is 1. The van der Waals surface area contributed by atoms with E-state index in [9.17, 15) is 4.79 Å². The van der Waals surface area contributed by atoms with Crippen LogP contribution in [0.4, 0.5) is 0 Å². The zero-order valence-corrected chi connectivity index (χ0v) is 12.0. The van der Waals surface area contributed by atoms with Crippen LogP contribution in [0.15, 0.2) is 54.7 Å². The van der Waals surface area contributed by atoms with Gasteiger partial charge in [0.2, 0.25) is 0 Å². The second-order valence-corrected chi connectivity index (χ2v) is 5.01. The Morgan fingerprint density at radius 2 is 1.82 bits per heavy atom. The zero-order valence-electron chi connectivity index (χ0n) is 11.3. The Hall–Kier alpha value is -2.63. The number of halogens is 1. The van der Waals surface area contributed by atoms with Gasteiger partial charge in [0.05, 0.1) is 11.1 Å². The first-order valence-corrected chi connectivity index (χ1v) is 6.81. The molecular formula is C16H11ClN2O3. The molecule has 0 spiro atoms. The van der Waals surface area contributed by atoms with E-state index in [0.717, 1.165) is 10.9 Å². The van der Waals surface area contributed by atoms with Crippen LogP contribution < -0.4 is 10.2 Å². The number of hydroxylamine groups is 1. The lowest BCUT2D eigenvalue weighted by atomic mass is 10.1. The summed E-state index contributed by atoms with van der Waals surface area (Å²) in [7, 11) is 0. The molecule has 0 saturated heterocycles. The Balaban J connectivity index is 1.93. The summed E-state index contributed by atoms with van der Waals surface area (Å²) in [5, 5.41) is 10.0. The lowest BCUT2D eigenvalue weighted by Crippen LogP contribution is -2.18. The monoisotopic (exact) mass is 314 g/mol. The van der Waals surface area contributed by atoms with Crippen LogP contribution in [0.2, 0.25) is 5.02 Å². The number of fused-ring (bicyclic) bond motifs is 1. The average molecular weight is 315 g/mol. The lowest BCUT2D eigenvalue weighted by molar-refractivity contribution is 0.0706. The molecule has 3 rings (SSSR count). The van der Waals surface area contributed by atoms with Crippen LogP contribution in [0.5, 0.6) is 11.5 Å². The Kier molecular flexibility index (Phi) is 3.91. The largest absolute Gasteiger partial charge is 0.457 e. The Morgan fingerprint density at radius 3 is 2.55 bits per heavy atom. The second-order valence-electron chi connectivity index (χ2n) is 4.58. The topological polar surface area (TPSA) is 71.5 Å². The number of nitrogens with one attached hydrogen (secondary N) is 1. The fourth-order valence-electron chi connectivity index (χ4n) is 2.00. The molecule has 0 bridgehead atoms. The molecule has 110 valence electrons. The van der Waals surface area contributed by atoms with Gasteiger partial charge in [-0.25, -0.2) is 5.48 Å². The summed E-state index contributed by atoms with van der Waals surface area (Å²) >= 11 is 5.83. The van der Waals surface area contributed by atoms with Gasteiger partial charge in [-0.2, -0.15) is 0 Å². The highest BCUT2D eigenvalue weighted by Crippen LogP contribution is 2.26. The number of nitrogens with zero attached hydrogens (tertiary/aromatic N) is 1. The standard InChI is InChI=1S/C16H11ClN2O3/c17-12-1-3-13(4-2-12)22-14-5-6-15-10(8-14)7-11(9-18-15)16(20)19-21/h1-9,21H,(H,19,20). The first-order valence-electron chi connectivity index (χ1n) is 6.43. The van der Waals surface area contributed by atoms with Gasteiger partial charge in [0.15, 0.2) is 0 Å². The molecule has 2 N–H and O–H groups in total. The quantitative estimate of drug-likeness (QED) is 0.570. The van der Waals surface area contributed by atoms with Crippen molar-refractivity contribution in [3.63, 3.8) is 0 Å². The van der Waals surface area contributed by atoms with Crippen LogP contribution in [-0.2, 0) is 0 Å². The third kappa shape index (κ3) is 3.00. The van der Waals surface area contributed by atoms with Crippen LogP contribution >= 0.6 is 11.6 Å². The van der Waals surface area contributed by atoms with Crippen LogP contribution in [0, 0.1) is 0 Å². The van der Waals surface area contributed by atoms with Crippen molar-refractivity contribution < 1.29 is 14.7 Å². The van der Waals surface area contributed by atoms with Crippen molar-refractivity contribution in [2.24, 2.45) is 0 Å². The Labute approximate surface area is 131 Å². The molecule has 0 atom stereocenters. The van der Waals surface area contributed by atoms with E-state index in [-0.39, 0.29) is 5.56 Å². The number of benzene rings is 2. The predicted molar refractivity (Wildman–Crippen MR) is 82.5 cm³/mol. The Morgan fingerprint density at radius 1 is 1.09 bits per heavy atom. The van der Waals surface area contributed by atoms with Crippen molar-refractivity contribution >= 4 is 28.4 Å². The van der Waals surface area contributed by atoms with Gasteiger partial charge >= 0.3 is 0 Å². The summed E-state index contributed by atoms with van der Waals surface area (Å²) in [6.07, 6.45) is 1.40. The molecule has 0 aliphatic carbocycles. The maximum atomic E-state index is 11.4. The molecule has 1 heterocycles. The summed E-state index contributed by atoms with van der Waals surface area (Å²) in [4.78, 5) is 15.6. The van der Waals surface area contributed by atoms with Crippen molar-refractivity contribution in [1.29, 1.82) is 0 Å². The molecule has 1 amide bonds. The molecule has 0 aliphatic rings. The van der Waals surface area contributed by atoms with E-state index in [1.54, 1.807) is 54.0 Å². The van der Waals surface area contributed by atoms with Crippen molar-refractivity contribution in [2.75, 3.05) is 0 Å². The average Bonchev–Trinajstić information content (AvgIpc) is 2.55. The summed E-state index contributed by atoms with van der Waals surface area (Å²) in [5.74, 6) is 0.651. The molecular weight excluding hydrogens is 304 g/mol. The minimum absolute atomic E-state index is 0.263. The minimum Gasteiger partial charge on any atom is -0.457 e. The molecule has 22 heavy (non-hydrogen) atoms. The predicted octanol–water partition coefficient (Wildman–Crippen LogP) is 3.80. The highest BCUT2D eigenvalue weighted by Gasteiger charge is 2.07. The zero-order chi connectivity index (χ0) is 15.5. The molecule has 2 aromatic carbocycles.